The first-order valence-electron chi connectivity index (χ1n) is 5.32. The lowest BCUT2D eigenvalue weighted by atomic mass is 10.1. The third-order valence-corrected chi connectivity index (χ3v) is 2.31. The monoisotopic (exact) mass is 264 g/mol. The minimum Gasteiger partial charge on any atom is -0.465 e. The molecule has 1 aromatic heterocycles. The highest BCUT2D eigenvalue weighted by Gasteiger charge is 2.39. The fourth-order valence-electron chi connectivity index (χ4n) is 1.34. The van der Waals surface area contributed by atoms with Gasteiger partial charge in [-0.3, -0.25) is 0 Å². The highest BCUT2D eigenvalue weighted by molar-refractivity contribution is 5.49. The maximum absolute atomic E-state index is 12.4. The zero-order chi connectivity index (χ0) is 13.9. The van der Waals surface area contributed by atoms with Crippen LogP contribution < -0.4 is 16.0 Å². The van der Waals surface area contributed by atoms with Gasteiger partial charge < -0.3 is 10.2 Å². The summed E-state index contributed by atoms with van der Waals surface area (Å²) < 4.78 is 42.2. The third-order valence-electron chi connectivity index (χ3n) is 2.31. The maximum Gasteiger partial charge on any atom is 0.425 e. The number of ether oxygens (including phenoxy) is 1. The van der Waals surface area contributed by atoms with Gasteiger partial charge >= 0.3 is 6.18 Å². The van der Waals surface area contributed by atoms with Crippen molar-refractivity contribution >= 4 is 5.82 Å². The Hall–Kier alpha value is -1.57. The number of hydrogen-bond donors (Lipinski definition) is 2. The number of alkyl halides is 3. The molecule has 18 heavy (non-hydrogen) atoms. The van der Waals surface area contributed by atoms with Crippen LogP contribution in [0.15, 0.2) is 6.33 Å². The number of nitrogens with zero attached hydrogens (tertiary/aromatic N) is 2. The van der Waals surface area contributed by atoms with Gasteiger partial charge in [-0.2, -0.15) is 13.2 Å². The van der Waals surface area contributed by atoms with E-state index in [-0.39, 0.29) is 17.6 Å². The lowest BCUT2D eigenvalue weighted by Crippen LogP contribution is -2.32. The Morgan fingerprint density at radius 2 is 1.89 bits per heavy atom. The number of hydrogen-bond acceptors (Lipinski definition) is 5. The highest BCUT2D eigenvalue weighted by Crippen LogP contribution is 2.32. The van der Waals surface area contributed by atoms with E-state index in [0.717, 1.165) is 13.3 Å². The number of nitrogens with one attached hydrogen (secondary N) is 1. The maximum atomic E-state index is 12.4. The molecule has 1 heterocycles. The second kappa shape index (κ2) is 5.38. The van der Waals surface area contributed by atoms with E-state index in [2.05, 4.69) is 15.4 Å². The Kier molecular flexibility index (Phi) is 4.33. The first-order chi connectivity index (χ1) is 8.27. The van der Waals surface area contributed by atoms with Gasteiger partial charge in [0, 0.05) is 0 Å². The summed E-state index contributed by atoms with van der Waals surface area (Å²) in [6.07, 6.45) is -5.30. The summed E-state index contributed by atoms with van der Waals surface area (Å²) in [5.74, 6) is 5.26. The molecule has 1 atom stereocenters. The lowest BCUT2D eigenvalue weighted by molar-refractivity contribution is -0.190. The van der Waals surface area contributed by atoms with Crippen LogP contribution in [0, 0.1) is 0 Å². The smallest absolute Gasteiger partial charge is 0.425 e. The molecular formula is C10H15F3N4O. The van der Waals surface area contributed by atoms with Gasteiger partial charge in [0.25, 0.3) is 0 Å². The zero-order valence-corrected chi connectivity index (χ0v) is 10.2. The molecule has 0 spiro atoms. The summed E-state index contributed by atoms with van der Waals surface area (Å²) >= 11 is 0. The van der Waals surface area contributed by atoms with Crippen LogP contribution in [0.4, 0.5) is 19.0 Å². The van der Waals surface area contributed by atoms with E-state index in [9.17, 15) is 13.2 Å². The van der Waals surface area contributed by atoms with Crippen molar-refractivity contribution in [3.63, 3.8) is 0 Å². The second-order valence-electron chi connectivity index (χ2n) is 4.04. The molecule has 0 amide bonds. The molecule has 0 aliphatic heterocycles. The van der Waals surface area contributed by atoms with E-state index in [4.69, 9.17) is 10.6 Å². The lowest BCUT2D eigenvalue weighted by Gasteiger charge is -2.20. The molecule has 3 N–H and O–H groups in total. The van der Waals surface area contributed by atoms with Crippen LogP contribution in [0.25, 0.3) is 0 Å². The Labute approximate surface area is 103 Å². The Morgan fingerprint density at radius 3 is 2.33 bits per heavy atom. The van der Waals surface area contributed by atoms with Gasteiger partial charge in [-0.25, -0.2) is 15.8 Å². The normalized spacial score (nSPS) is 13.6. The summed E-state index contributed by atoms with van der Waals surface area (Å²) in [6.45, 7) is 4.48. The molecule has 0 aliphatic rings. The van der Waals surface area contributed by atoms with Crippen molar-refractivity contribution in [1.29, 1.82) is 0 Å². The summed E-state index contributed by atoms with van der Waals surface area (Å²) in [5.41, 5.74) is 2.73. The molecule has 0 radical (unpaired) electrons. The van der Waals surface area contributed by atoms with Gasteiger partial charge in [-0.1, -0.05) is 13.8 Å². The number of hydrazine groups is 1. The summed E-state index contributed by atoms with van der Waals surface area (Å²) in [5, 5.41) is 0. The number of halogens is 3. The molecule has 0 aromatic carbocycles. The molecule has 0 saturated heterocycles. The average Bonchev–Trinajstić information content (AvgIpc) is 2.26. The van der Waals surface area contributed by atoms with Crippen molar-refractivity contribution in [1.82, 2.24) is 9.97 Å². The average molecular weight is 264 g/mol. The Bertz CT molecular complexity index is 409. The fraction of sp³-hybridized carbons (Fsp3) is 0.600. The molecule has 0 bridgehead atoms. The van der Waals surface area contributed by atoms with E-state index >= 15 is 0 Å². The fourth-order valence-corrected chi connectivity index (χ4v) is 1.34. The van der Waals surface area contributed by atoms with Gasteiger partial charge in [-0.05, 0) is 12.8 Å². The number of anilines is 1. The largest absolute Gasteiger partial charge is 0.465 e. The van der Waals surface area contributed by atoms with Crippen LogP contribution in [0.3, 0.4) is 0 Å². The summed E-state index contributed by atoms with van der Waals surface area (Å²) in [6, 6.07) is 0. The second-order valence-corrected chi connectivity index (χ2v) is 4.04. The number of aromatic nitrogens is 2. The predicted molar refractivity (Wildman–Crippen MR) is 60.1 cm³/mol. The highest BCUT2D eigenvalue weighted by atomic mass is 19.4. The number of rotatable bonds is 4. The third kappa shape index (κ3) is 3.22. The summed E-state index contributed by atoms with van der Waals surface area (Å²) in [7, 11) is 0. The van der Waals surface area contributed by atoms with Gasteiger partial charge in [0.1, 0.15) is 6.33 Å². The SMILES string of the molecule is CC(C)c1c(NN)ncnc1OC(C)C(F)(F)F. The number of nitrogens with two attached hydrogens (primary N) is 1. The van der Waals surface area contributed by atoms with Crippen LogP contribution in [0.1, 0.15) is 32.3 Å². The van der Waals surface area contributed by atoms with E-state index in [1.54, 1.807) is 13.8 Å². The molecule has 0 saturated carbocycles. The molecule has 1 unspecified atom stereocenters. The van der Waals surface area contributed by atoms with Crippen molar-refractivity contribution in [3.8, 4) is 5.88 Å². The topological polar surface area (TPSA) is 73.1 Å². The Balaban J connectivity index is 3.09. The predicted octanol–water partition coefficient (Wildman–Crippen LogP) is 2.22. The molecule has 0 aliphatic carbocycles. The minimum atomic E-state index is -4.45. The molecule has 1 rings (SSSR count). The van der Waals surface area contributed by atoms with Gasteiger partial charge in [0.15, 0.2) is 11.9 Å². The number of nitrogen functional groups attached to an aromatic ring is 1. The summed E-state index contributed by atoms with van der Waals surface area (Å²) in [4.78, 5) is 7.57. The molecule has 102 valence electrons. The van der Waals surface area contributed by atoms with E-state index in [1.807, 2.05) is 0 Å². The van der Waals surface area contributed by atoms with E-state index in [0.29, 0.717) is 5.56 Å². The molecule has 5 nitrogen and oxygen atoms in total. The minimum absolute atomic E-state index is 0.113. The van der Waals surface area contributed by atoms with Crippen molar-refractivity contribution in [2.45, 2.75) is 39.0 Å². The standard InChI is InChI=1S/C10H15F3N4O/c1-5(2)7-8(17-14)15-4-16-9(7)18-6(3)10(11,12)13/h4-6H,14H2,1-3H3,(H,15,16,17). The van der Waals surface area contributed by atoms with Gasteiger partial charge in [0.2, 0.25) is 5.88 Å². The van der Waals surface area contributed by atoms with Crippen LogP contribution in [-0.2, 0) is 0 Å². The van der Waals surface area contributed by atoms with Gasteiger partial charge in [-0.15, -0.1) is 0 Å². The van der Waals surface area contributed by atoms with Crippen LogP contribution in [0.5, 0.6) is 5.88 Å². The first kappa shape index (κ1) is 14.5. The molecule has 1 aromatic rings. The molecule has 0 fully saturated rings. The van der Waals surface area contributed by atoms with Crippen molar-refractivity contribution < 1.29 is 17.9 Å². The van der Waals surface area contributed by atoms with Crippen molar-refractivity contribution in [2.75, 3.05) is 5.43 Å². The molecular weight excluding hydrogens is 249 g/mol. The zero-order valence-electron chi connectivity index (χ0n) is 10.2. The quantitative estimate of drug-likeness (QED) is 0.644. The van der Waals surface area contributed by atoms with E-state index < -0.39 is 12.3 Å². The van der Waals surface area contributed by atoms with Gasteiger partial charge in [0.05, 0.1) is 5.56 Å². The molecule has 8 heteroatoms. The van der Waals surface area contributed by atoms with E-state index in [1.165, 1.54) is 0 Å². The van der Waals surface area contributed by atoms with Crippen molar-refractivity contribution in [2.24, 2.45) is 5.84 Å². The van der Waals surface area contributed by atoms with Crippen LogP contribution in [-0.4, -0.2) is 22.2 Å². The van der Waals surface area contributed by atoms with Crippen LogP contribution >= 0.6 is 0 Å². The van der Waals surface area contributed by atoms with Crippen LogP contribution in [0.2, 0.25) is 0 Å². The van der Waals surface area contributed by atoms with Crippen molar-refractivity contribution in [3.05, 3.63) is 11.9 Å². The Morgan fingerprint density at radius 1 is 1.28 bits per heavy atom. The first-order valence-corrected chi connectivity index (χ1v) is 5.32.